The Balaban J connectivity index is 1.71. The molecule has 0 saturated carbocycles. The highest BCUT2D eigenvalue weighted by Crippen LogP contribution is 2.23. The van der Waals surface area contributed by atoms with Gasteiger partial charge in [0.2, 0.25) is 5.91 Å². The van der Waals surface area contributed by atoms with E-state index in [1.54, 1.807) is 16.2 Å². The molecular formula is C13H18BrNO2S. The zero-order valence-electron chi connectivity index (χ0n) is 10.3. The molecule has 18 heavy (non-hydrogen) atoms. The van der Waals surface area contributed by atoms with Crippen LogP contribution in [0.5, 0.6) is 0 Å². The second-order valence-corrected chi connectivity index (χ2v) is 7.24. The number of halogens is 1. The number of likely N-dealkylation sites (tertiary alicyclic amines) is 1. The number of nitrogens with zero attached hydrogens (tertiary/aromatic N) is 1. The highest BCUT2D eigenvalue weighted by molar-refractivity contribution is 9.11. The maximum Gasteiger partial charge on any atom is 0.222 e. The Labute approximate surface area is 120 Å². The summed E-state index contributed by atoms with van der Waals surface area (Å²) < 4.78 is 1.14. The van der Waals surface area contributed by atoms with Gasteiger partial charge < -0.3 is 10.0 Å². The number of β-amino-alcohol motifs (C(OH)–C–C–N with tert-alkyl or cyclic N) is 1. The molecule has 1 aliphatic rings. The summed E-state index contributed by atoms with van der Waals surface area (Å²) in [4.78, 5) is 15.1. The molecule has 5 heteroatoms. The van der Waals surface area contributed by atoms with Crippen LogP contribution in [0.1, 0.15) is 30.6 Å². The number of hydrogen-bond donors (Lipinski definition) is 1. The number of aliphatic hydroxyl groups is 1. The minimum atomic E-state index is -0.323. The summed E-state index contributed by atoms with van der Waals surface area (Å²) in [5.74, 6) is 0.185. The van der Waals surface area contributed by atoms with E-state index in [-0.39, 0.29) is 12.0 Å². The maximum atomic E-state index is 11.9. The summed E-state index contributed by atoms with van der Waals surface area (Å²) in [6, 6.07) is 4.15. The summed E-state index contributed by atoms with van der Waals surface area (Å²) in [6.45, 7) is 1.32. The van der Waals surface area contributed by atoms with Crippen LogP contribution in [0.3, 0.4) is 0 Å². The van der Waals surface area contributed by atoms with Gasteiger partial charge in [0.15, 0.2) is 0 Å². The molecular weight excluding hydrogens is 314 g/mol. The van der Waals surface area contributed by atoms with Gasteiger partial charge in [-0.25, -0.2) is 0 Å². The van der Waals surface area contributed by atoms with Crippen molar-refractivity contribution >= 4 is 33.2 Å². The van der Waals surface area contributed by atoms with E-state index in [0.717, 1.165) is 36.0 Å². The largest absolute Gasteiger partial charge is 0.391 e. The van der Waals surface area contributed by atoms with Gasteiger partial charge >= 0.3 is 0 Å². The number of thiophene rings is 1. The van der Waals surface area contributed by atoms with Crippen LogP contribution < -0.4 is 0 Å². The standard InChI is InChI=1S/C13H18BrNO2S/c14-12-7-6-11(18-12)4-1-5-13(17)15-8-2-3-10(16)9-15/h6-7,10,16H,1-5,8-9H2/t10-/m0/s1. The molecule has 1 atom stereocenters. The van der Waals surface area contributed by atoms with Gasteiger partial charge in [0.25, 0.3) is 0 Å². The Kier molecular flexibility index (Phi) is 5.21. The fraction of sp³-hybridized carbons (Fsp3) is 0.615. The topological polar surface area (TPSA) is 40.5 Å². The quantitative estimate of drug-likeness (QED) is 0.921. The highest BCUT2D eigenvalue weighted by Gasteiger charge is 2.21. The Bertz CT molecular complexity index is 407. The number of aliphatic hydroxyl groups excluding tert-OH is 1. The molecule has 100 valence electrons. The van der Waals surface area contributed by atoms with E-state index >= 15 is 0 Å². The van der Waals surface area contributed by atoms with Gasteiger partial charge in [-0.05, 0) is 53.7 Å². The van der Waals surface area contributed by atoms with Crippen LogP contribution in [0, 0.1) is 0 Å². The molecule has 1 N–H and O–H groups in total. The number of carbonyl (C=O) groups excluding carboxylic acids is 1. The number of rotatable bonds is 4. The normalized spacial score (nSPS) is 20.1. The summed E-state index contributed by atoms with van der Waals surface area (Å²) in [6.07, 6.45) is 3.85. The predicted molar refractivity (Wildman–Crippen MR) is 76.8 cm³/mol. The highest BCUT2D eigenvalue weighted by atomic mass is 79.9. The molecule has 1 aromatic rings. The molecule has 1 aromatic heterocycles. The first kappa shape index (κ1) is 14.0. The molecule has 1 fully saturated rings. The molecule has 0 spiro atoms. The van der Waals surface area contributed by atoms with Crippen LogP contribution in [-0.4, -0.2) is 35.1 Å². The molecule has 0 aromatic carbocycles. The van der Waals surface area contributed by atoms with E-state index < -0.39 is 0 Å². The van der Waals surface area contributed by atoms with Gasteiger partial charge in [0.05, 0.1) is 9.89 Å². The molecule has 2 heterocycles. The smallest absolute Gasteiger partial charge is 0.222 e. The lowest BCUT2D eigenvalue weighted by molar-refractivity contribution is -0.134. The first-order chi connectivity index (χ1) is 8.65. The van der Waals surface area contributed by atoms with Crippen molar-refractivity contribution in [3.63, 3.8) is 0 Å². The van der Waals surface area contributed by atoms with E-state index in [2.05, 4.69) is 22.0 Å². The molecule has 1 aliphatic heterocycles. The van der Waals surface area contributed by atoms with Gasteiger partial charge in [-0.3, -0.25) is 4.79 Å². The van der Waals surface area contributed by atoms with Gasteiger partial charge in [0.1, 0.15) is 0 Å². The van der Waals surface area contributed by atoms with Crippen LogP contribution in [0.4, 0.5) is 0 Å². The van der Waals surface area contributed by atoms with Crippen molar-refractivity contribution in [2.24, 2.45) is 0 Å². The number of aryl methyl sites for hydroxylation is 1. The third kappa shape index (κ3) is 4.07. The fourth-order valence-corrected chi connectivity index (χ4v) is 3.76. The predicted octanol–water partition coefficient (Wildman–Crippen LogP) is 2.82. The molecule has 0 bridgehead atoms. The summed E-state index contributed by atoms with van der Waals surface area (Å²) >= 11 is 5.16. The first-order valence-electron chi connectivity index (χ1n) is 6.35. The van der Waals surface area contributed by atoms with E-state index in [9.17, 15) is 9.90 Å². The van der Waals surface area contributed by atoms with Crippen molar-refractivity contribution in [2.75, 3.05) is 13.1 Å². The van der Waals surface area contributed by atoms with Crippen molar-refractivity contribution < 1.29 is 9.90 Å². The minimum absolute atomic E-state index is 0.185. The number of carbonyl (C=O) groups is 1. The number of piperidine rings is 1. The molecule has 0 aliphatic carbocycles. The Hall–Kier alpha value is -0.390. The lowest BCUT2D eigenvalue weighted by Gasteiger charge is -2.30. The van der Waals surface area contributed by atoms with Crippen LogP contribution in [0.25, 0.3) is 0 Å². The fourth-order valence-electron chi connectivity index (χ4n) is 2.24. The van der Waals surface area contributed by atoms with Crippen molar-refractivity contribution in [1.29, 1.82) is 0 Å². The number of hydrogen-bond acceptors (Lipinski definition) is 3. The summed E-state index contributed by atoms with van der Waals surface area (Å²) in [7, 11) is 0. The zero-order valence-corrected chi connectivity index (χ0v) is 12.7. The second-order valence-electron chi connectivity index (χ2n) is 4.70. The van der Waals surface area contributed by atoms with E-state index in [4.69, 9.17) is 0 Å². The summed E-state index contributed by atoms with van der Waals surface area (Å²) in [5.41, 5.74) is 0. The molecule has 1 saturated heterocycles. The van der Waals surface area contributed by atoms with E-state index in [1.807, 2.05) is 6.07 Å². The Morgan fingerprint density at radius 3 is 3.06 bits per heavy atom. The third-order valence-electron chi connectivity index (χ3n) is 3.19. The van der Waals surface area contributed by atoms with Crippen molar-refractivity contribution in [3.8, 4) is 0 Å². The van der Waals surface area contributed by atoms with Crippen LogP contribution in [0.15, 0.2) is 15.9 Å². The third-order valence-corrected chi connectivity index (χ3v) is 4.88. The van der Waals surface area contributed by atoms with Crippen molar-refractivity contribution in [3.05, 3.63) is 20.8 Å². The number of amides is 1. The van der Waals surface area contributed by atoms with E-state index in [0.29, 0.717) is 13.0 Å². The monoisotopic (exact) mass is 331 g/mol. The first-order valence-corrected chi connectivity index (χ1v) is 7.96. The van der Waals surface area contributed by atoms with Crippen LogP contribution in [0.2, 0.25) is 0 Å². The lowest BCUT2D eigenvalue weighted by atomic mass is 10.1. The van der Waals surface area contributed by atoms with Gasteiger partial charge in [-0.2, -0.15) is 0 Å². The molecule has 1 amide bonds. The maximum absolute atomic E-state index is 11.9. The average Bonchev–Trinajstić information content (AvgIpc) is 2.75. The van der Waals surface area contributed by atoms with Gasteiger partial charge in [-0.15, -0.1) is 11.3 Å². The molecule has 2 rings (SSSR count). The van der Waals surface area contributed by atoms with Gasteiger partial charge in [-0.1, -0.05) is 0 Å². The average molecular weight is 332 g/mol. The van der Waals surface area contributed by atoms with Crippen LogP contribution in [-0.2, 0) is 11.2 Å². The molecule has 0 unspecified atom stereocenters. The Morgan fingerprint density at radius 2 is 2.39 bits per heavy atom. The second kappa shape index (κ2) is 6.68. The van der Waals surface area contributed by atoms with Crippen LogP contribution >= 0.6 is 27.3 Å². The zero-order chi connectivity index (χ0) is 13.0. The molecule has 0 radical (unpaired) electrons. The lowest BCUT2D eigenvalue weighted by Crippen LogP contribution is -2.42. The van der Waals surface area contributed by atoms with E-state index in [1.165, 1.54) is 4.88 Å². The molecule has 3 nitrogen and oxygen atoms in total. The Morgan fingerprint density at radius 1 is 1.56 bits per heavy atom. The SMILES string of the molecule is O=C(CCCc1ccc(Br)s1)N1CCC[C@H](O)C1. The van der Waals surface area contributed by atoms with Gasteiger partial charge in [0, 0.05) is 24.4 Å². The van der Waals surface area contributed by atoms with Crippen molar-refractivity contribution in [1.82, 2.24) is 4.90 Å². The summed E-state index contributed by atoms with van der Waals surface area (Å²) in [5, 5.41) is 9.54. The van der Waals surface area contributed by atoms with Crippen molar-refractivity contribution in [2.45, 2.75) is 38.2 Å². The minimum Gasteiger partial charge on any atom is -0.391 e.